The molecule has 1 atom stereocenters. The number of fused-ring (bicyclic) bond motifs is 1. The minimum absolute atomic E-state index is 0.0759. The number of aromatic nitrogens is 3. The minimum Gasteiger partial charge on any atom is -0.342 e. The van der Waals surface area contributed by atoms with Gasteiger partial charge < -0.3 is 4.90 Å². The van der Waals surface area contributed by atoms with Gasteiger partial charge in [0, 0.05) is 31.6 Å². The highest BCUT2D eigenvalue weighted by atomic mass is 19.4. The fourth-order valence-corrected chi connectivity index (χ4v) is 3.33. The smallest absolute Gasteiger partial charge is 0.342 e. The van der Waals surface area contributed by atoms with E-state index in [-0.39, 0.29) is 17.2 Å². The van der Waals surface area contributed by atoms with Gasteiger partial charge in [-0.25, -0.2) is 0 Å². The van der Waals surface area contributed by atoms with Crippen LogP contribution in [-0.2, 0) is 11.0 Å². The number of nitrogens with zero attached hydrogens (tertiary/aromatic N) is 4. The Hall–Kier alpha value is -2.12. The summed E-state index contributed by atoms with van der Waals surface area (Å²) in [5, 5.41) is 8.11. The molecule has 1 aliphatic heterocycles. The maximum atomic E-state index is 13.0. The highest BCUT2D eigenvalue weighted by Gasteiger charge is 2.33. The predicted molar refractivity (Wildman–Crippen MR) is 90.6 cm³/mol. The van der Waals surface area contributed by atoms with Crippen LogP contribution < -0.4 is 0 Å². The first-order chi connectivity index (χ1) is 12.0. The van der Waals surface area contributed by atoms with Crippen molar-refractivity contribution in [1.29, 1.82) is 0 Å². The molecule has 0 bridgehead atoms. The molecule has 142 valence electrons. The lowest BCUT2D eigenvalue weighted by molar-refractivity contribution is -0.138. The summed E-state index contributed by atoms with van der Waals surface area (Å²) in [4.78, 5) is 14.3. The van der Waals surface area contributed by atoms with E-state index >= 15 is 0 Å². The van der Waals surface area contributed by atoms with Crippen LogP contribution in [0.25, 0.3) is 5.65 Å². The second-order valence-electron chi connectivity index (χ2n) is 8.12. The van der Waals surface area contributed by atoms with Crippen molar-refractivity contribution < 1.29 is 18.0 Å². The molecule has 1 unspecified atom stereocenters. The Kier molecular flexibility index (Phi) is 4.71. The fraction of sp³-hybridized carbons (Fsp3) is 0.611. The van der Waals surface area contributed by atoms with Crippen LogP contribution in [0.3, 0.4) is 0 Å². The number of hydrogen-bond acceptors (Lipinski definition) is 3. The van der Waals surface area contributed by atoms with Gasteiger partial charge in [-0.3, -0.25) is 9.20 Å². The summed E-state index contributed by atoms with van der Waals surface area (Å²) in [6.45, 7) is 7.17. The number of rotatable bonds is 2. The van der Waals surface area contributed by atoms with Crippen LogP contribution in [0.5, 0.6) is 0 Å². The summed E-state index contributed by atoms with van der Waals surface area (Å²) < 4.78 is 40.5. The summed E-state index contributed by atoms with van der Waals surface area (Å²) in [5.41, 5.74) is -0.457. The van der Waals surface area contributed by atoms with Crippen molar-refractivity contribution in [2.75, 3.05) is 13.1 Å². The van der Waals surface area contributed by atoms with E-state index < -0.39 is 11.7 Å². The Bertz CT molecular complexity index is 807. The normalized spacial score (nSPS) is 19.2. The number of carbonyl (C=O) groups excluding carboxylic acids is 1. The minimum atomic E-state index is -4.42. The molecule has 1 fully saturated rings. The second-order valence-corrected chi connectivity index (χ2v) is 8.12. The molecule has 0 aromatic carbocycles. The summed E-state index contributed by atoms with van der Waals surface area (Å²) in [6.07, 6.45) is -1.36. The second kappa shape index (κ2) is 6.55. The molecular formula is C18H23F3N4O. The van der Waals surface area contributed by atoms with E-state index in [0.717, 1.165) is 25.1 Å². The van der Waals surface area contributed by atoms with Gasteiger partial charge in [0.1, 0.15) is 5.82 Å². The lowest BCUT2D eigenvalue weighted by atomic mass is 9.90. The SMILES string of the molecule is CC(C)(C)CC(=O)N1CCCC(c2nnc3ccc(C(F)(F)F)cn23)C1. The van der Waals surface area contributed by atoms with Crippen LogP contribution in [0.1, 0.15) is 57.3 Å². The van der Waals surface area contributed by atoms with Crippen LogP contribution in [-0.4, -0.2) is 38.5 Å². The highest BCUT2D eigenvalue weighted by molar-refractivity contribution is 5.77. The van der Waals surface area contributed by atoms with Crippen molar-refractivity contribution in [1.82, 2.24) is 19.5 Å². The Morgan fingerprint density at radius 1 is 1.23 bits per heavy atom. The van der Waals surface area contributed by atoms with Gasteiger partial charge in [0.05, 0.1) is 5.56 Å². The topological polar surface area (TPSA) is 50.5 Å². The average Bonchev–Trinajstić information content (AvgIpc) is 2.95. The molecule has 5 nitrogen and oxygen atoms in total. The van der Waals surface area contributed by atoms with E-state index in [0.29, 0.717) is 31.0 Å². The van der Waals surface area contributed by atoms with E-state index in [1.54, 1.807) is 4.90 Å². The number of pyridine rings is 1. The number of hydrogen-bond donors (Lipinski definition) is 0. The van der Waals surface area contributed by atoms with Crippen LogP contribution in [0, 0.1) is 5.41 Å². The zero-order valence-corrected chi connectivity index (χ0v) is 15.2. The van der Waals surface area contributed by atoms with E-state index in [4.69, 9.17) is 0 Å². The van der Waals surface area contributed by atoms with Crippen molar-refractivity contribution >= 4 is 11.6 Å². The van der Waals surface area contributed by atoms with E-state index in [2.05, 4.69) is 10.2 Å². The first-order valence-corrected chi connectivity index (χ1v) is 8.74. The van der Waals surface area contributed by atoms with Gasteiger partial charge in [-0.15, -0.1) is 10.2 Å². The van der Waals surface area contributed by atoms with Crippen molar-refractivity contribution in [2.24, 2.45) is 5.41 Å². The molecule has 3 heterocycles. The third-order valence-corrected chi connectivity index (χ3v) is 4.58. The third-order valence-electron chi connectivity index (χ3n) is 4.58. The first kappa shape index (κ1) is 18.7. The number of likely N-dealkylation sites (tertiary alicyclic amines) is 1. The largest absolute Gasteiger partial charge is 0.417 e. The number of halogens is 3. The Balaban J connectivity index is 1.85. The van der Waals surface area contributed by atoms with Crippen LogP contribution in [0.15, 0.2) is 18.3 Å². The van der Waals surface area contributed by atoms with Crippen molar-refractivity contribution in [2.45, 2.75) is 52.1 Å². The Labute approximate surface area is 150 Å². The first-order valence-electron chi connectivity index (χ1n) is 8.74. The molecular weight excluding hydrogens is 345 g/mol. The Morgan fingerprint density at radius 3 is 2.62 bits per heavy atom. The third kappa shape index (κ3) is 3.99. The number of amides is 1. The molecule has 3 rings (SSSR count). The number of piperidine rings is 1. The monoisotopic (exact) mass is 368 g/mol. The maximum absolute atomic E-state index is 13.0. The molecule has 2 aromatic heterocycles. The quantitative estimate of drug-likeness (QED) is 0.808. The highest BCUT2D eigenvalue weighted by Crippen LogP contribution is 2.32. The summed E-state index contributed by atoms with van der Waals surface area (Å²) in [5.74, 6) is 0.442. The van der Waals surface area contributed by atoms with E-state index in [1.807, 2.05) is 20.8 Å². The predicted octanol–water partition coefficient (Wildman–Crippen LogP) is 3.89. The van der Waals surface area contributed by atoms with Crippen molar-refractivity contribution in [3.63, 3.8) is 0 Å². The van der Waals surface area contributed by atoms with Gasteiger partial charge in [0.15, 0.2) is 5.65 Å². The summed E-state index contributed by atoms with van der Waals surface area (Å²) in [7, 11) is 0. The number of carbonyl (C=O) groups is 1. The molecule has 0 spiro atoms. The summed E-state index contributed by atoms with van der Waals surface area (Å²) in [6, 6.07) is 2.33. The molecule has 0 radical (unpaired) electrons. The molecule has 8 heteroatoms. The van der Waals surface area contributed by atoms with Gasteiger partial charge >= 0.3 is 6.18 Å². The van der Waals surface area contributed by atoms with Gasteiger partial charge in [-0.05, 0) is 30.4 Å². The van der Waals surface area contributed by atoms with Gasteiger partial charge in [-0.1, -0.05) is 20.8 Å². The average molecular weight is 368 g/mol. The molecule has 2 aromatic rings. The lowest BCUT2D eigenvalue weighted by Gasteiger charge is -2.33. The fourth-order valence-electron chi connectivity index (χ4n) is 3.33. The van der Waals surface area contributed by atoms with Gasteiger partial charge in [-0.2, -0.15) is 13.2 Å². The van der Waals surface area contributed by atoms with Crippen molar-refractivity contribution in [3.05, 3.63) is 29.7 Å². The molecule has 0 saturated carbocycles. The van der Waals surface area contributed by atoms with Crippen LogP contribution in [0.4, 0.5) is 13.2 Å². The molecule has 0 aliphatic carbocycles. The van der Waals surface area contributed by atoms with Gasteiger partial charge in [0.25, 0.3) is 0 Å². The van der Waals surface area contributed by atoms with Crippen LogP contribution in [0.2, 0.25) is 0 Å². The van der Waals surface area contributed by atoms with Crippen LogP contribution >= 0.6 is 0 Å². The maximum Gasteiger partial charge on any atom is 0.417 e. The molecule has 1 saturated heterocycles. The molecule has 1 aliphatic rings. The molecule has 26 heavy (non-hydrogen) atoms. The standard InChI is InChI=1S/C18H23F3N4O/c1-17(2,3)9-15(26)24-8-4-5-12(10-24)16-23-22-14-7-6-13(11-25(14)16)18(19,20)21/h6-7,11-12H,4-5,8-10H2,1-3H3. The number of alkyl halides is 3. The molecule has 0 N–H and O–H groups in total. The van der Waals surface area contributed by atoms with E-state index in [9.17, 15) is 18.0 Å². The Morgan fingerprint density at radius 2 is 1.96 bits per heavy atom. The molecule has 1 amide bonds. The lowest BCUT2D eigenvalue weighted by Crippen LogP contribution is -2.40. The van der Waals surface area contributed by atoms with E-state index in [1.165, 1.54) is 10.5 Å². The zero-order valence-electron chi connectivity index (χ0n) is 15.2. The summed E-state index contributed by atoms with van der Waals surface area (Å²) >= 11 is 0. The van der Waals surface area contributed by atoms with Gasteiger partial charge in [0.2, 0.25) is 5.91 Å². The van der Waals surface area contributed by atoms with Crippen molar-refractivity contribution in [3.8, 4) is 0 Å². The zero-order chi connectivity index (χ0) is 19.1.